The molecule has 0 unspecified atom stereocenters. The molecule has 2 N–H and O–H groups in total. The SMILES string of the molecule is CC(C)Nc1ccc(C#CC#Cc2ccc(NC(C)C)cc2)cc1. The zero-order valence-electron chi connectivity index (χ0n) is 14.8. The third-order valence-corrected chi connectivity index (χ3v) is 3.16. The lowest BCUT2D eigenvalue weighted by Crippen LogP contribution is -2.09. The minimum absolute atomic E-state index is 0.426. The van der Waals surface area contributed by atoms with Gasteiger partial charge in [-0.1, -0.05) is 11.8 Å². The van der Waals surface area contributed by atoms with Crippen LogP contribution in [-0.2, 0) is 0 Å². The van der Waals surface area contributed by atoms with Gasteiger partial charge >= 0.3 is 0 Å². The van der Waals surface area contributed by atoms with Gasteiger partial charge in [-0.25, -0.2) is 0 Å². The van der Waals surface area contributed by atoms with Crippen molar-refractivity contribution in [1.29, 1.82) is 0 Å². The van der Waals surface area contributed by atoms with Gasteiger partial charge in [0.2, 0.25) is 0 Å². The van der Waals surface area contributed by atoms with Gasteiger partial charge in [-0.3, -0.25) is 0 Å². The highest BCUT2D eigenvalue weighted by molar-refractivity contribution is 5.52. The first-order chi connectivity index (χ1) is 11.5. The van der Waals surface area contributed by atoms with E-state index in [1.54, 1.807) is 0 Å². The van der Waals surface area contributed by atoms with Crippen LogP contribution in [0.4, 0.5) is 11.4 Å². The fraction of sp³-hybridized carbons (Fsp3) is 0.273. The molecule has 0 spiro atoms. The number of rotatable bonds is 4. The molecule has 24 heavy (non-hydrogen) atoms. The highest BCUT2D eigenvalue weighted by Gasteiger charge is 1.95. The quantitative estimate of drug-likeness (QED) is 0.797. The minimum Gasteiger partial charge on any atom is -0.383 e. The summed E-state index contributed by atoms with van der Waals surface area (Å²) in [6.07, 6.45) is 0. The lowest BCUT2D eigenvalue weighted by Gasteiger charge is -2.09. The molecule has 2 rings (SSSR count). The van der Waals surface area contributed by atoms with Crippen molar-refractivity contribution in [3.63, 3.8) is 0 Å². The molecule has 2 heteroatoms. The van der Waals surface area contributed by atoms with Crippen molar-refractivity contribution in [3.05, 3.63) is 59.7 Å². The largest absolute Gasteiger partial charge is 0.383 e. The Bertz CT molecular complexity index is 692. The molecular weight excluding hydrogens is 292 g/mol. The van der Waals surface area contributed by atoms with Gasteiger partial charge in [0.1, 0.15) is 0 Å². The molecule has 0 heterocycles. The van der Waals surface area contributed by atoms with Crippen molar-refractivity contribution in [2.24, 2.45) is 0 Å². The lowest BCUT2D eigenvalue weighted by atomic mass is 10.2. The van der Waals surface area contributed by atoms with Gasteiger partial charge in [0.15, 0.2) is 0 Å². The van der Waals surface area contributed by atoms with Gasteiger partial charge in [0.05, 0.1) is 0 Å². The van der Waals surface area contributed by atoms with Gasteiger partial charge < -0.3 is 10.6 Å². The summed E-state index contributed by atoms with van der Waals surface area (Å²) in [6.45, 7) is 8.48. The molecule has 0 aliphatic rings. The molecule has 0 radical (unpaired) electrons. The highest BCUT2D eigenvalue weighted by atomic mass is 14.9. The summed E-state index contributed by atoms with van der Waals surface area (Å²) in [5, 5.41) is 6.71. The molecule has 122 valence electrons. The second-order valence-corrected chi connectivity index (χ2v) is 6.25. The molecule has 0 aromatic heterocycles. The molecule has 0 saturated heterocycles. The number of anilines is 2. The van der Waals surface area contributed by atoms with Crippen LogP contribution in [0.15, 0.2) is 48.5 Å². The monoisotopic (exact) mass is 316 g/mol. The topological polar surface area (TPSA) is 24.1 Å². The molecule has 0 atom stereocenters. The summed E-state index contributed by atoms with van der Waals surface area (Å²) in [4.78, 5) is 0. The maximum atomic E-state index is 3.36. The summed E-state index contributed by atoms with van der Waals surface area (Å²) in [6, 6.07) is 17.0. The number of benzene rings is 2. The van der Waals surface area contributed by atoms with Crippen molar-refractivity contribution in [3.8, 4) is 23.7 Å². The van der Waals surface area contributed by atoms with Gasteiger partial charge in [0.25, 0.3) is 0 Å². The number of hydrogen-bond donors (Lipinski definition) is 2. The summed E-state index contributed by atoms with van der Waals surface area (Å²) >= 11 is 0. The van der Waals surface area contributed by atoms with Crippen LogP contribution in [0.2, 0.25) is 0 Å². The van der Waals surface area contributed by atoms with E-state index in [0.29, 0.717) is 12.1 Å². The Labute approximate surface area is 145 Å². The van der Waals surface area contributed by atoms with E-state index in [1.807, 2.05) is 48.5 Å². The van der Waals surface area contributed by atoms with Crippen LogP contribution in [0.3, 0.4) is 0 Å². The predicted molar refractivity (Wildman–Crippen MR) is 104 cm³/mol. The average molecular weight is 316 g/mol. The average Bonchev–Trinajstić information content (AvgIpc) is 2.53. The summed E-state index contributed by atoms with van der Waals surface area (Å²) in [5.74, 6) is 12.0. The van der Waals surface area contributed by atoms with E-state index in [0.717, 1.165) is 22.5 Å². The molecule has 0 aliphatic carbocycles. The molecule has 0 amide bonds. The molecule has 0 saturated carbocycles. The van der Waals surface area contributed by atoms with Gasteiger partial charge in [-0.05, 0) is 88.1 Å². The van der Waals surface area contributed by atoms with E-state index in [-0.39, 0.29) is 0 Å². The van der Waals surface area contributed by atoms with E-state index in [4.69, 9.17) is 0 Å². The lowest BCUT2D eigenvalue weighted by molar-refractivity contribution is 0.899. The fourth-order valence-corrected chi connectivity index (χ4v) is 2.17. The van der Waals surface area contributed by atoms with Crippen LogP contribution in [0.25, 0.3) is 0 Å². The van der Waals surface area contributed by atoms with Crippen LogP contribution in [0.1, 0.15) is 38.8 Å². The minimum atomic E-state index is 0.426. The van der Waals surface area contributed by atoms with Crippen LogP contribution in [-0.4, -0.2) is 12.1 Å². The zero-order valence-corrected chi connectivity index (χ0v) is 14.8. The third kappa shape index (κ3) is 6.11. The molecular formula is C22H24N2. The van der Waals surface area contributed by atoms with Crippen LogP contribution in [0, 0.1) is 23.7 Å². The van der Waals surface area contributed by atoms with Gasteiger partial charge in [-0.15, -0.1) is 0 Å². The number of nitrogens with one attached hydrogen (secondary N) is 2. The Hall–Kier alpha value is -2.84. The Kier molecular flexibility index (Phi) is 6.35. The van der Waals surface area contributed by atoms with E-state index < -0.39 is 0 Å². The molecule has 2 nitrogen and oxygen atoms in total. The first-order valence-electron chi connectivity index (χ1n) is 8.28. The zero-order chi connectivity index (χ0) is 17.4. The van der Waals surface area contributed by atoms with Crippen LogP contribution < -0.4 is 10.6 Å². The summed E-state index contributed by atoms with van der Waals surface area (Å²) in [5.41, 5.74) is 4.15. The predicted octanol–water partition coefficient (Wildman–Crippen LogP) is 4.73. The van der Waals surface area contributed by atoms with E-state index in [9.17, 15) is 0 Å². The maximum Gasteiger partial charge on any atom is 0.0342 e. The normalized spacial score (nSPS) is 9.75. The second-order valence-electron chi connectivity index (χ2n) is 6.25. The Morgan fingerprint density at radius 1 is 0.583 bits per heavy atom. The van der Waals surface area contributed by atoms with Crippen molar-refractivity contribution >= 4 is 11.4 Å². The molecule has 0 bridgehead atoms. The van der Waals surface area contributed by atoms with Crippen LogP contribution >= 0.6 is 0 Å². The van der Waals surface area contributed by atoms with E-state index in [2.05, 4.69) is 62.0 Å². The Balaban J connectivity index is 1.97. The Morgan fingerprint density at radius 3 is 1.21 bits per heavy atom. The standard InChI is InChI=1S/C22H24N2/c1-17(2)23-21-13-9-19(10-14-21)7-5-6-8-20-11-15-22(16-12-20)24-18(3)4/h9-18,23-24H,1-4H3. The second kappa shape index (κ2) is 8.70. The third-order valence-electron chi connectivity index (χ3n) is 3.16. The van der Waals surface area contributed by atoms with Gasteiger partial charge in [0, 0.05) is 34.6 Å². The van der Waals surface area contributed by atoms with Crippen molar-refractivity contribution in [2.45, 2.75) is 39.8 Å². The van der Waals surface area contributed by atoms with E-state index in [1.165, 1.54) is 0 Å². The maximum absolute atomic E-state index is 3.36. The van der Waals surface area contributed by atoms with E-state index >= 15 is 0 Å². The molecule has 0 fully saturated rings. The number of hydrogen-bond acceptors (Lipinski definition) is 2. The first-order valence-corrected chi connectivity index (χ1v) is 8.28. The molecule has 0 aliphatic heterocycles. The fourth-order valence-electron chi connectivity index (χ4n) is 2.17. The molecule has 2 aromatic rings. The van der Waals surface area contributed by atoms with Crippen LogP contribution in [0.5, 0.6) is 0 Å². The summed E-state index contributed by atoms with van der Waals surface area (Å²) in [7, 11) is 0. The highest BCUT2D eigenvalue weighted by Crippen LogP contribution is 2.10. The van der Waals surface area contributed by atoms with Crippen molar-refractivity contribution in [2.75, 3.05) is 10.6 Å². The van der Waals surface area contributed by atoms with Gasteiger partial charge in [-0.2, -0.15) is 0 Å². The first kappa shape index (κ1) is 17.5. The van der Waals surface area contributed by atoms with Crippen molar-refractivity contribution in [1.82, 2.24) is 0 Å². The molecule has 2 aromatic carbocycles. The Morgan fingerprint density at radius 2 is 0.917 bits per heavy atom. The van der Waals surface area contributed by atoms with Crippen molar-refractivity contribution < 1.29 is 0 Å². The summed E-state index contributed by atoms with van der Waals surface area (Å²) < 4.78 is 0. The smallest absolute Gasteiger partial charge is 0.0342 e.